The van der Waals surface area contributed by atoms with Crippen LogP contribution in [0.5, 0.6) is 17.2 Å². The topological polar surface area (TPSA) is 111 Å². The van der Waals surface area contributed by atoms with Crippen LogP contribution in [0.4, 0.5) is 11.4 Å². The van der Waals surface area contributed by atoms with Crippen LogP contribution < -0.4 is 24.4 Å². The second-order valence-corrected chi connectivity index (χ2v) is 9.99. The third-order valence-corrected chi connectivity index (χ3v) is 6.07. The van der Waals surface area contributed by atoms with E-state index in [1.807, 2.05) is 0 Å². The minimum atomic E-state index is -3.12. The molecule has 1 fully saturated rings. The van der Waals surface area contributed by atoms with Crippen molar-refractivity contribution in [2.45, 2.75) is 6.42 Å². The fraction of sp³-hybridized carbons (Fsp3) is 0.364. The number of carbonyl (C=O) groups is 2. The van der Waals surface area contributed by atoms with Crippen molar-refractivity contribution in [2.24, 2.45) is 5.92 Å². The smallest absolute Gasteiger partial charge is 0.229 e. The molecule has 1 N–H and O–H groups in total. The molecule has 2 aliphatic rings. The average molecular weight is 461 g/mol. The number of amides is 2. The molecule has 1 atom stereocenters. The Bertz CT molecular complexity index is 1130. The number of ether oxygens (including phenoxy) is 3. The van der Waals surface area contributed by atoms with Gasteiger partial charge in [-0.3, -0.25) is 9.59 Å². The Morgan fingerprint density at radius 3 is 2.72 bits per heavy atom. The number of carbonyl (C=O) groups excluding carboxylic acids is 2. The van der Waals surface area contributed by atoms with E-state index in [-0.39, 0.29) is 37.1 Å². The molecule has 170 valence electrons. The van der Waals surface area contributed by atoms with E-state index in [1.54, 1.807) is 47.4 Å². The largest absolute Gasteiger partial charge is 0.492 e. The van der Waals surface area contributed by atoms with Crippen LogP contribution in [0.25, 0.3) is 0 Å². The molecule has 2 aliphatic heterocycles. The second-order valence-electron chi connectivity index (χ2n) is 7.73. The second kappa shape index (κ2) is 9.07. The maximum atomic E-state index is 12.8. The molecule has 0 spiro atoms. The number of rotatable bonds is 7. The zero-order valence-electron chi connectivity index (χ0n) is 17.6. The van der Waals surface area contributed by atoms with Gasteiger partial charge in [0, 0.05) is 42.7 Å². The summed E-state index contributed by atoms with van der Waals surface area (Å²) in [7, 11) is -3.12. The van der Waals surface area contributed by atoms with Crippen molar-refractivity contribution in [1.29, 1.82) is 0 Å². The van der Waals surface area contributed by atoms with Gasteiger partial charge >= 0.3 is 0 Å². The first-order valence-electron chi connectivity index (χ1n) is 10.2. The number of fused-ring (bicyclic) bond motifs is 1. The van der Waals surface area contributed by atoms with Gasteiger partial charge in [-0.25, -0.2) is 8.42 Å². The fourth-order valence-corrected chi connectivity index (χ4v) is 3.94. The van der Waals surface area contributed by atoms with Crippen LogP contribution in [0.1, 0.15) is 6.42 Å². The van der Waals surface area contributed by atoms with Gasteiger partial charge in [-0.1, -0.05) is 6.07 Å². The molecule has 2 aromatic carbocycles. The number of nitrogens with one attached hydrogen (secondary N) is 1. The van der Waals surface area contributed by atoms with E-state index >= 15 is 0 Å². The van der Waals surface area contributed by atoms with Gasteiger partial charge in [0.1, 0.15) is 25.6 Å². The van der Waals surface area contributed by atoms with Gasteiger partial charge in [0.15, 0.2) is 21.3 Å². The summed E-state index contributed by atoms with van der Waals surface area (Å²) in [5.74, 6) is 0.661. The third kappa shape index (κ3) is 5.31. The molecule has 0 radical (unpaired) electrons. The van der Waals surface area contributed by atoms with Gasteiger partial charge in [0.05, 0.1) is 11.7 Å². The molecule has 2 amide bonds. The van der Waals surface area contributed by atoms with Crippen LogP contribution in [-0.2, 0) is 19.4 Å². The van der Waals surface area contributed by atoms with Gasteiger partial charge in [-0.05, 0) is 24.3 Å². The minimum absolute atomic E-state index is 0.0256. The van der Waals surface area contributed by atoms with Crippen LogP contribution in [0.3, 0.4) is 0 Å². The monoisotopic (exact) mass is 460 g/mol. The first-order valence-corrected chi connectivity index (χ1v) is 12.3. The summed E-state index contributed by atoms with van der Waals surface area (Å²) < 4.78 is 39.0. The van der Waals surface area contributed by atoms with E-state index in [2.05, 4.69) is 5.32 Å². The Balaban J connectivity index is 1.37. The number of hydrogen-bond acceptors (Lipinski definition) is 7. The van der Waals surface area contributed by atoms with Crippen molar-refractivity contribution in [3.63, 3.8) is 0 Å². The first-order chi connectivity index (χ1) is 15.3. The standard InChI is InChI=1S/C22H24N2O7S/c1-32(27,28)10-9-29-18-4-2-3-16(12-18)23-22(26)15-11-21(25)24(14-15)17-5-6-19-20(13-17)31-8-7-30-19/h2-6,12-13,15H,7-11,14H2,1H3,(H,23,26). The molecule has 9 nitrogen and oxygen atoms in total. The minimum Gasteiger partial charge on any atom is -0.492 e. The average Bonchev–Trinajstić information content (AvgIpc) is 3.14. The molecule has 1 unspecified atom stereocenters. The van der Waals surface area contributed by atoms with E-state index in [0.717, 1.165) is 6.26 Å². The molecule has 0 saturated carbocycles. The van der Waals surface area contributed by atoms with E-state index in [0.29, 0.717) is 41.8 Å². The van der Waals surface area contributed by atoms with Gasteiger partial charge < -0.3 is 24.4 Å². The van der Waals surface area contributed by atoms with Gasteiger partial charge in [-0.2, -0.15) is 0 Å². The summed E-state index contributed by atoms with van der Waals surface area (Å²) in [6.45, 7) is 1.22. The van der Waals surface area contributed by atoms with Crippen molar-refractivity contribution in [3.05, 3.63) is 42.5 Å². The molecule has 2 aromatic rings. The van der Waals surface area contributed by atoms with E-state index in [1.165, 1.54) is 0 Å². The van der Waals surface area contributed by atoms with E-state index in [9.17, 15) is 18.0 Å². The zero-order valence-corrected chi connectivity index (χ0v) is 18.4. The van der Waals surface area contributed by atoms with Crippen LogP contribution in [0, 0.1) is 5.92 Å². The fourth-order valence-electron chi connectivity index (χ4n) is 3.55. The highest BCUT2D eigenvalue weighted by molar-refractivity contribution is 7.90. The maximum Gasteiger partial charge on any atom is 0.229 e. The summed E-state index contributed by atoms with van der Waals surface area (Å²) in [6, 6.07) is 12.0. The number of hydrogen-bond donors (Lipinski definition) is 1. The van der Waals surface area contributed by atoms with Crippen LogP contribution in [0.2, 0.25) is 0 Å². The number of anilines is 2. The summed E-state index contributed by atoms with van der Waals surface area (Å²) in [5.41, 5.74) is 1.17. The molecule has 0 bridgehead atoms. The Morgan fingerprint density at radius 1 is 1.16 bits per heavy atom. The number of benzene rings is 2. The molecule has 4 rings (SSSR count). The summed E-state index contributed by atoms with van der Waals surface area (Å²) in [5, 5.41) is 2.81. The zero-order chi connectivity index (χ0) is 22.7. The SMILES string of the molecule is CS(=O)(=O)CCOc1cccc(NC(=O)C2CC(=O)N(c3ccc4c(c3)OCCO4)C2)c1. The highest BCUT2D eigenvalue weighted by Crippen LogP contribution is 2.36. The number of nitrogens with zero attached hydrogens (tertiary/aromatic N) is 1. The van der Waals surface area contributed by atoms with Crippen LogP contribution in [0.15, 0.2) is 42.5 Å². The Hall–Kier alpha value is -3.27. The van der Waals surface area contributed by atoms with Crippen molar-refractivity contribution < 1.29 is 32.2 Å². The highest BCUT2D eigenvalue weighted by atomic mass is 32.2. The lowest BCUT2D eigenvalue weighted by molar-refractivity contribution is -0.122. The predicted molar refractivity (Wildman–Crippen MR) is 118 cm³/mol. The van der Waals surface area contributed by atoms with Crippen LogP contribution in [-0.4, -0.2) is 58.6 Å². The van der Waals surface area contributed by atoms with Crippen molar-refractivity contribution in [2.75, 3.05) is 48.6 Å². The lowest BCUT2D eigenvalue weighted by atomic mass is 10.1. The van der Waals surface area contributed by atoms with E-state index in [4.69, 9.17) is 14.2 Å². The molecule has 2 heterocycles. The van der Waals surface area contributed by atoms with Gasteiger partial charge in [0.2, 0.25) is 11.8 Å². The summed E-state index contributed by atoms with van der Waals surface area (Å²) in [4.78, 5) is 26.9. The lowest BCUT2D eigenvalue weighted by Gasteiger charge is -2.22. The van der Waals surface area contributed by atoms with Crippen LogP contribution >= 0.6 is 0 Å². The quantitative estimate of drug-likeness (QED) is 0.671. The maximum absolute atomic E-state index is 12.8. The van der Waals surface area contributed by atoms with Crippen molar-refractivity contribution in [1.82, 2.24) is 0 Å². The molecule has 0 aromatic heterocycles. The van der Waals surface area contributed by atoms with Gasteiger partial charge in [0.25, 0.3) is 0 Å². The van der Waals surface area contributed by atoms with Gasteiger partial charge in [-0.15, -0.1) is 0 Å². The highest BCUT2D eigenvalue weighted by Gasteiger charge is 2.35. The Labute approximate surface area is 186 Å². The number of sulfone groups is 1. The van der Waals surface area contributed by atoms with Crippen molar-refractivity contribution in [3.8, 4) is 17.2 Å². The molecule has 0 aliphatic carbocycles. The molecular formula is C22H24N2O7S. The van der Waals surface area contributed by atoms with E-state index < -0.39 is 15.8 Å². The third-order valence-electron chi connectivity index (χ3n) is 5.16. The van der Waals surface area contributed by atoms with Crippen molar-refractivity contribution >= 4 is 33.0 Å². The predicted octanol–water partition coefficient (Wildman–Crippen LogP) is 1.87. The first kappa shape index (κ1) is 21.9. The Kier molecular flexibility index (Phi) is 6.22. The molecule has 1 saturated heterocycles. The molecular weight excluding hydrogens is 436 g/mol. The molecule has 32 heavy (non-hydrogen) atoms. The summed E-state index contributed by atoms with van der Waals surface area (Å²) >= 11 is 0. The Morgan fingerprint density at radius 2 is 1.94 bits per heavy atom. The normalized spacial score (nSPS) is 17.8. The molecule has 10 heteroatoms. The lowest BCUT2D eigenvalue weighted by Crippen LogP contribution is -2.28. The summed E-state index contributed by atoms with van der Waals surface area (Å²) in [6.07, 6.45) is 1.25.